The van der Waals surface area contributed by atoms with Crippen LogP contribution in [-0.2, 0) is 27.2 Å². The van der Waals surface area contributed by atoms with E-state index in [0.29, 0.717) is 21.8 Å². The highest BCUT2D eigenvalue weighted by Gasteiger charge is 2.35. The molecule has 1 aliphatic heterocycles. The van der Waals surface area contributed by atoms with Crippen LogP contribution in [0.4, 0.5) is 5.69 Å². The lowest BCUT2D eigenvalue weighted by Crippen LogP contribution is -2.54. The molecular weight excluding hydrogens is 565 g/mol. The normalized spacial score (nSPS) is 16.6. The number of esters is 1. The van der Waals surface area contributed by atoms with E-state index in [4.69, 9.17) is 40.2 Å². The lowest BCUT2D eigenvalue weighted by atomic mass is 9.95. The average molecular weight is 589 g/mol. The molecule has 1 aromatic carbocycles. The van der Waals surface area contributed by atoms with E-state index in [-0.39, 0.29) is 21.7 Å². The lowest BCUT2D eigenvalue weighted by Gasteiger charge is -2.29. The third kappa shape index (κ3) is 4.47. The number of fused-ring (bicyclic) bond motifs is 1. The number of thiophene rings is 1. The molecule has 11 heteroatoms. The van der Waals surface area contributed by atoms with E-state index in [9.17, 15) is 14.4 Å². The number of carbonyl (C=O) groups is 3. The lowest BCUT2D eigenvalue weighted by molar-refractivity contribution is -0.122. The van der Waals surface area contributed by atoms with Gasteiger partial charge in [-0.3, -0.25) is 19.8 Å². The van der Waals surface area contributed by atoms with Crippen molar-refractivity contribution >= 4 is 81.4 Å². The highest BCUT2D eigenvalue weighted by molar-refractivity contribution is 7.80. The molecular formula is C27H23Cl2N3O4S2. The van der Waals surface area contributed by atoms with Crippen LogP contribution in [0.3, 0.4) is 0 Å². The fraction of sp³-hybridized carbons (Fsp3) is 0.259. The van der Waals surface area contributed by atoms with E-state index in [2.05, 4.69) is 5.32 Å². The Bertz CT molecular complexity index is 1570. The molecule has 0 spiro atoms. The number of aromatic nitrogens is 1. The minimum Gasteiger partial charge on any atom is -0.465 e. The number of amides is 2. The van der Waals surface area contributed by atoms with Crippen molar-refractivity contribution < 1.29 is 19.1 Å². The number of halogens is 2. The zero-order valence-corrected chi connectivity index (χ0v) is 24.0. The molecule has 0 bridgehead atoms. The van der Waals surface area contributed by atoms with Crippen molar-refractivity contribution in [3.05, 3.63) is 72.8 Å². The van der Waals surface area contributed by atoms with Crippen LogP contribution in [-0.4, -0.2) is 34.6 Å². The van der Waals surface area contributed by atoms with E-state index in [1.54, 1.807) is 29.5 Å². The number of ether oxygens (including phenoxy) is 1. The molecule has 1 N–H and O–H groups in total. The van der Waals surface area contributed by atoms with Crippen LogP contribution in [0.15, 0.2) is 29.8 Å². The Morgan fingerprint density at radius 2 is 1.87 bits per heavy atom. The first kappa shape index (κ1) is 26.6. The number of nitrogens with one attached hydrogen (secondary N) is 1. The maximum absolute atomic E-state index is 13.5. The second kappa shape index (κ2) is 10.3. The maximum Gasteiger partial charge on any atom is 0.341 e. The molecule has 3 aromatic rings. The van der Waals surface area contributed by atoms with E-state index in [1.165, 1.54) is 23.0 Å². The molecule has 2 amide bonds. The molecule has 38 heavy (non-hydrogen) atoms. The highest BCUT2D eigenvalue weighted by Crippen LogP contribution is 2.39. The first-order valence-corrected chi connectivity index (χ1v) is 13.9. The Balaban J connectivity index is 1.59. The van der Waals surface area contributed by atoms with Gasteiger partial charge in [-0.05, 0) is 93.2 Å². The second-order valence-corrected chi connectivity index (χ2v) is 11.4. The third-order valence-corrected chi connectivity index (χ3v) is 9.08. The zero-order chi connectivity index (χ0) is 27.3. The predicted molar refractivity (Wildman–Crippen MR) is 154 cm³/mol. The number of rotatable bonds is 4. The third-order valence-electron chi connectivity index (χ3n) is 6.78. The Hall–Kier alpha value is -2.98. The Morgan fingerprint density at radius 3 is 2.58 bits per heavy atom. The molecule has 1 aliphatic carbocycles. The van der Waals surface area contributed by atoms with E-state index < -0.39 is 11.8 Å². The van der Waals surface area contributed by atoms with Gasteiger partial charge >= 0.3 is 5.97 Å². The molecule has 0 unspecified atom stereocenters. The van der Waals surface area contributed by atoms with Crippen molar-refractivity contribution in [1.29, 1.82) is 0 Å². The van der Waals surface area contributed by atoms with Crippen molar-refractivity contribution in [2.45, 2.75) is 39.5 Å². The van der Waals surface area contributed by atoms with Crippen LogP contribution in [0.2, 0.25) is 10.0 Å². The summed E-state index contributed by atoms with van der Waals surface area (Å²) < 4.78 is 7.14. The molecule has 2 aromatic heterocycles. The maximum atomic E-state index is 13.5. The van der Waals surface area contributed by atoms with Gasteiger partial charge in [0.25, 0.3) is 11.8 Å². The first-order valence-electron chi connectivity index (χ1n) is 11.9. The number of benzene rings is 1. The molecule has 0 radical (unpaired) electrons. The van der Waals surface area contributed by atoms with Gasteiger partial charge in [0.2, 0.25) is 0 Å². The van der Waals surface area contributed by atoms with Gasteiger partial charge in [0, 0.05) is 16.3 Å². The number of methoxy groups -OCH3 is 1. The van der Waals surface area contributed by atoms with Gasteiger partial charge < -0.3 is 9.30 Å². The summed E-state index contributed by atoms with van der Waals surface area (Å²) >= 11 is 19.1. The SMILES string of the molecule is COC(=O)c1c(-n2c(C)cc(/C=C3\C(=O)NC(=S)N(c4ccc(Cl)c(Cl)c4)C3=O)c2C)sc2c1CCCC2. The summed E-state index contributed by atoms with van der Waals surface area (Å²) in [7, 11) is 1.39. The van der Waals surface area contributed by atoms with Crippen molar-refractivity contribution in [3.63, 3.8) is 0 Å². The van der Waals surface area contributed by atoms with Crippen LogP contribution < -0.4 is 10.2 Å². The standard InChI is InChI=1S/C27H23Cl2N3O4S2/c1-13-10-15(14(2)31(13)25-22(26(35)36-3)17-6-4-5-7-21(17)38-25)11-18-23(33)30-27(37)32(24(18)34)16-8-9-19(28)20(29)12-16/h8-12H,4-7H2,1-3H3,(H,30,33,37)/b18-11+. The largest absolute Gasteiger partial charge is 0.465 e. The zero-order valence-electron chi connectivity index (χ0n) is 20.8. The minimum absolute atomic E-state index is 0.0482. The van der Waals surface area contributed by atoms with E-state index in [1.807, 2.05) is 24.5 Å². The molecule has 1 fully saturated rings. The van der Waals surface area contributed by atoms with Crippen molar-refractivity contribution in [2.24, 2.45) is 0 Å². The molecule has 1 saturated heterocycles. The molecule has 0 atom stereocenters. The van der Waals surface area contributed by atoms with E-state index >= 15 is 0 Å². The average Bonchev–Trinajstić information content (AvgIpc) is 3.39. The van der Waals surface area contributed by atoms with Crippen LogP contribution in [0.5, 0.6) is 0 Å². The highest BCUT2D eigenvalue weighted by atomic mass is 35.5. The topological polar surface area (TPSA) is 80.6 Å². The molecule has 2 aliphatic rings. The number of hydrogen-bond acceptors (Lipinski definition) is 6. The molecule has 0 saturated carbocycles. The summed E-state index contributed by atoms with van der Waals surface area (Å²) in [6.07, 6.45) is 5.44. The summed E-state index contributed by atoms with van der Waals surface area (Å²) in [4.78, 5) is 41.6. The Morgan fingerprint density at radius 1 is 1.13 bits per heavy atom. The number of carbonyl (C=O) groups excluding carboxylic acids is 3. The molecule has 7 nitrogen and oxygen atoms in total. The molecule has 196 valence electrons. The Kier molecular flexibility index (Phi) is 7.21. The predicted octanol–water partition coefficient (Wildman–Crippen LogP) is 5.96. The number of aryl methyl sites for hydroxylation is 2. The monoisotopic (exact) mass is 587 g/mol. The molecule has 3 heterocycles. The van der Waals surface area contributed by atoms with Gasteiger partial charge in [-0.2, -0.15) is 0 Å². The van der Waals surface area contributed by atoms with Crippen LogP contribution >= 0.6 is 46.8 Å². The van der Waals surface area contributed by atoms with Gasteiger partial charge in [0.1, 0.15) is 10.6 Å². The Labute approximate surface area is 239 Å². The van der Waals surface area contributed by atoms with Gasteiger partial charge in [0.15, 0.2) is 5.11 Å². The number of hydrogen-bond donors (Lipinski definition) is 1. The summed E-state index contributed by atoms with van der Waals surface area (Å²) in [6.45, 7) is 3.82. The van der Waals surface area contributed by atoms with Crippen molar-refractivity contribution in [2.75, 3.05) is 12.0 Å². The van der Waals surface area contributed by atoms with Crippen LogP contribution in [0, 0.1) is 13.8 Å². The van der Waals surface area contributed by atoms with Crippen LogP contribution in [0.1, 0.15) is 50.6 Å². The molecule has 5 rings (SSSR count). The second-order valence-electron chi connectivity index (χ2n) is 9.10. The summed E-state index contributed by atoms with van der Waals surface area (Å²) in [5.74, 6) is -1.54. The number of anilines is 1. The first-order chi connectivity index (χ1) is 18.1. The quantitative estimate of drug-likeness (QED) is 0.176. The van der Waals surface area contributed by atoms with Gasteiger partial charge in [-0.1, -0.05) is 23.2 Å². The summed E-state index contributed by atoms with van der Waals surface area (Å²) in [6, 6.07) is 6.56. The van der Waals surface area contributed by atoms with Crippen molar-refractivity contribution in [3.8, 4) is 5.00 Å². The fourth-order valence-corrected chi connectivity index (χ4v) is 7.00. The smallest absolute Gasteiger partial charge is 0.341 e. The van der Waals surface area contributed by atoms with Gasteiger partial charge in [0.05, 0.1) is 28.4 Å². The fourth-order valence-electron chi connectivity index (χ4n) is 4.94. The van der Waals surface area contributed by atoms with E-state index in [0.717, 1.165) is 47.6 Å². The van der Waals surface area contributed by atoms with Crippen LogP contribution in [0.25, 0.3) is 11.1 Å². The van der Waals surface area contributed by atoms with Gasteiger partial charge in [-0.15, -0.1) is 11.3 Å². The summed E-state index contributed by atoms with van der Waals surface area (Å²) in [5, 5.41) is 3.92. The van der Waals surface area contributed by atoms with Gasteiger partial charge in [-0.25, -0.2) is 4.79 Å². The number of thiocarbonyl (C=S) groups is 1. The minimum atomic E-state index is -0.594. The number of nitrogens with zero attached hydrogens (tertiary/aromatic N) is 2. The van der Waals surface area contributed by atoms with Crippen molar-refractivity contribution in [1.82, 2.24) is 9.88 Å². The summed E-state index contributed by atoms with van der Waals surface area (Å²) in [5.41, 5.74) is 4.28.